The van der Waals surface area contributed by atoms with Crippen LogP contribution in [0.25, 0.3) is 0 Å². The highest BCUT2D eigenvalue weighted by atomic mass is 32.1. The second-order valence-electron chi connectivity index (χ2n) is 10.4. The number of methoxy groups -OCH3 is 1. The Labute approximate surface area is 240 Å². The molecule has 1 aromatic heterocycles. The van der Waals surface area contributed by atoms with Crippen LogP contribution in [0.2, 0.25) is 0 Å². The van der Waals surface area contributed by atoms with E-state index in [1.54, 1.807) is 7.11 Å². The number of rotatable bonds is 9. The molecule has 1 atom stereocenters. The number of carbonyl (C=O) groups is 2. The Morgan fingerprint density at radius 3 is 2.65 bits per heavy atom. The fraction of sp³-hybridized carbons (Fsp3) is 0.452. The van der Waals surface area contributed by atoms with Crippen molar-refractivity contribution in [2.45, 2.75) is 39.3 Å². The summed E-state index contributed by atoms with van der Waals surface area (Å²) in [4.78, 5) is 36.7. The molecule has 5 rings (SSSR count). The van der Waals surface area contributed by atoms with Crippen LogP contribution in [-0.2, 0) is 22.6 Å². The average Bonchev–Trinajstić information content (AvgIpc) is 3.47. The number of piperazine rings is 1. The lowest BCUT2D eigenvalue weighted by atomic mass is 9.87. The lowest BCUT2D eigenvalue weighted by Gasteiger charge is -2.38. The van der Waals surface area contributed by atoms with Crippen molar-refractivity contribution in [2.75, 3.05) is 53.0 Å². The van der Waals surface area contributed by atoms with E-state index >= 15 is 0 Å². The molecule has 2 aromatic carbocycles. The van der Waals surface area contributed by atoms with Crippen LogP contribution in [0, 0.1) is 6.92 Å². The van der Waals surface area contributed by atoms with Gasteiger partial charge in [-0.3, -0.25) is 14.5 Å². The van der Waals surface area contributed by atoms with Gasteiger partial charge in [-0.2, -0.15) is 0 Å². The van der Waals surface area contributed by atoms with Gasteiger partial charge in [0.15, 0.2) is 0 Å². The van der Waals surface area contributed by atoms with Crippen molar-refractivity contribution in [3.8, 4) is 5.75 Å². The second-order valence-corrected chi connectivity index (χ2v) is 11.4. The van der Waals surface area contributed by atoms with Crippen molar-refractivity contribution in [2.24, 2.45) is 0 Å². The third kappa shape index (κ3) is 6.37. The molecule has 2 aliphatic heterocycles. The van der Waals surface area contributed by atoms with Crippen molar-refractivity contribution in [1.29, 1.82) is 0 Å². The summed E-state index contributed by atoms with van der Waals surface area (Å²) in [6.07, 6.45) is 1.30. The first-order chi connectivity index (χ1) is 19.5. The molecule has 0 aliphatic carbocycles. The lowest BCUT2D eigenvalue weighted by molar-refractivity contribution is -0.132. The first-order valence-corrected chi connectivity index (χ1v) is 14.9. The van der Waals surface area contributed by atoms with Gasteiger partial charge in [0, 0.05) is 58.2 Å². The molecular formula is C31H38N4O4S. The maximum Gasteiger partial charge on any atom is 0.273 e. The zero-order valence-electron chi connectivity index (χ0n) is 23.6. The number of carbonyl (C=O) groups excluding carboxylic acids is 2. The lowest BCUT2D eigenvalue weighted by Crippen LogP contribution is -2.49. The highest BCUT2D eigenvalue weighted by molar-refractivity contribution is 7.09. The van der Waals surface area contributed by atoms with Crippen molar-refractivity contribution in [3.05, 3.63) is 80.8 Å². The molecule has 0 spiro atoms. The number of aromatic nitrogens is 1. The van der Waals surface area contributed by atoms with E-state index in [2.05, 4.69) is 53.2 Å². The van der Waals surface area contributed by atoms with Crippen LogP contribution in [0.15, 0.2) is 47.8 Å². The summed E-state index contributed by atoms with van der Waals surface area (Å²) in [5, 5.41) is 2.59. The normalized spacial score (nSPS) is 17.5. The Hall–Kier alpha value is -3.27. The molecule has 40 heavy (non-hydrogen) atoms. The Bertz CT molecular complexity index is 1330. The van der Waals surface area contributed by atoms with Crippen LogP contribution in [0.3, 0.4) is 0 Å². The van der Waals surface area contributed by atoms with Crippen molar-refractivity contribution >= 4 is 23.2 Å². The maximum absolute atomic E-state index is 13.0. The smallest absolute Gasteiger partial charge is 0.273 e. The number of nitrogens with zero attached hydrogens (tertiary/aromatic N) is 4. The number of fused-ring (bicyclic) bond motifs is 1. The van der Waals surface area contributed by atoms with Gasteiger partial charge in [0.05, 0.1) is 12.6 Å². The number of benzene rings is 2. The maximum atomic E-state index is 13.0. The monoisotopic (exact) mass is 562 g/mol. The van der Waals surface area contributed by atoms with Crippen molar-refractivity contribution < 1.29 is 19.1 Å². The second kappa shape index (κ2) is 12.9. The largest absolute Gasteiger partial charge is 0.486 e. The molecule has 1 unspecified atom stereocenters. The molecule has 0 saturated carbocycles. The number of aryl methyl sites for hydroxylation is 1. The predicted molar refractivity (Wildman–Crippen MR) is 156 cm³/mol. The molecule has 1 fully saturated rings. The van der Waals surface area contributed by atoms with Crippen LogP contribution >= 0.6 is 11.3 Å². The zero-order valence-corrected chi connectivity index (χ0v) is 24.4. The molecule has 2 aliphatic rings. The minimum absolute atomic E-state index is 0.0237. The fourth-order valence-corrected chi connectivity index (χ4v) is 6.21. The molecule has 212 valence electrons. The third-order valence-electron chi connectivity index (χ3n) is 7.73. The molecule has 2 amide bonds. The Balaban J connectivity index is 1.27. The van der Waals surface area contributed by atoms with Gasteiger partial charge in [-0.15, -0.1) is 11.3 Å². The van der Waals surface area contributed by atoms with Gasteiger partial charge in [0.2, 0.25) is 5.91 Å². The van der Waals surface area contributed by atoms with Crippen LogP contribution in [0.1, 0.15) is 57.1 Å². The fourth-order valence-electron chi connectivity index (χ4n) is 5.53. The zero-order chi connectivity index (χ0) is 28.1. The molecule has 3 heterocycles. The quantitative estimate of drug-likeness (QED) is 0.387. The number of hydrogen-bond donors (Lipinski definition) is 0. The van der Waals surface area contributed by atoms with Crippen LogP contribution in [0.4, 0.5) is 0 Å². The minimum Gasteiger partial charge on any atom is -0.486 e. The summed E-state index contributed by atoms with van der Waals surface area (Å²) in [7, 11) is 1.71. The SMILES string of the molecule is CCC(=O)N1CCc2ccc(OCc3nc(C(=O)N4CCN(CCOC)CC4)cs3)cc2C1c1cccc(C)c1. The third-order valence-corrected chi connectivity index (χ3v) is 8.55. The summed E-state index contributed by atoms with van der Waals surface area (Å²) < 4.78 is 11.3. The highest BCUT2D eigenvalue weighted by Gasteiger charge is 2.32. The van der Waals surface area contributed by atoms with E-state index in [1.807, 2.05) is 28.2 Å². The molecular weight excluding hydrogens is 524 g/mol. The summed E-state index contributed by atoms with van der Waals surface area (Å²) in [6.45, 7) is 9.66. The van der Waals surface area contributed by atoms with E-state index < -0.39 is 0 Å². The van der Waals surface area contributed by atoms with E-state index in [-0.39, 0.29) is 24.5 Å². The van der Waals surface area contributed by atoms with Gasteiger partial charge < -0.3 is 19.3 Å². The molecule has 0 radical (unpaired) electrons. The number of thiazole rings is 1. The Morgan fingerprint density at radius 2 is 1.90 bits per heavy atom. The van der Waals surface area contributed by atoms with Gasteiger partial charge in [0.25, 0.3) is 5.91 Å². The predicted octanol–water partition coefficient (Wildman–Crippen LogP) is 4.32. The summed E-state index contributed by atoms with van der Waals surface area (Å²) in [5.74, 6) is 0.863. The molecule has 0 bridgehead atoms. The summed E-state index contributed by atoms with van der Waals surface area (Å²) in [5.41, 5.74) is 5.11. The Morgan fingerprint density at radius 1 is 1.07 bits per heavy atom. The van der Waals surface area contributed by atoms with E-state index in [0.29, 0.717) is 38.4 Å². The Kier molecular flexibility index (Phi) is 9.14. The minimum atomic E-state index is -0.140. The first kappa shape index (κ1) is 28.3. The number of amides is 2. The summed E-state index contributed by atoms with van der Waals surface area (Å²) in [6, 6.07) is 14.4. The topological polar surface area (TPSA) is 75.2 Å². The molecule has 8 nitrogen and oxygen atoms in total. The van der Waals surface area contributed by atoms with Gasteiger partial charge >= 0.3 is 0 Å². The number of hydrogen-bond acceptors (Lipinski definition) is 7. The standard InChI is InChI=1S/C31H38N4O4S/c1-4-29(36)35-11-10-23-8-9-25(19-26(23)30(35)24-7-5-6-22(2)18-24)39-20-28-32-27(21-40-28)31(37)34-14-12-33(13-15-34)16-17-38-3/h5-9,18-19,21,30H,4,10-17,20H2,1-3H3. The van der Waals surface area contributed by atoms with Gasteiger partial charge in [0.1, 0.15) is 23.1 Å². The van der Waals surface area contributed by atoms with Crippen molar-refractivity contribution in [3.63, 3.8) is 0 Å². The van der Waals surface area contributed by atoms with E-state index in [0.717, 1.165) is 47.9 Å². The van der Waals surface area contributed by atoms with Crippen LogP contribution < -0.4 is 4.74 Å². The number of ether oxygens (including phenoxy) is 2. The van der Waals surface area contributed by atoms with Gasteiger partial charge in [-0.1, -0.05) is 42.8 Å². The molecule has 3 aromatic rings. The van der Waals surface area contributed by atoms with Gasteiger partial charge in [-0.05, 0) is 42.2 Å². The molecule has 1 saturated heterocycles. The molecule has 0 N–H and O–H groups in total. The first-order valence-electron chi connectivity index (χ1n) is 14.0. The molecule has 9 heteroatoms. The van der Waals surface area contributed by atoms with E-state index in [1.165, 1.54) is 22.5 Å². The van der Waals surface area contributed by atoms with E-state index in [4.69, 9.17) is 9.47 Å². The van der Waals surface area contributed by atoms with Crippen LogP contribution in [0.5, 0.6) is 5.75 Å². The highest BCUT2D eigenvalue weighted by Crippen LogP contribution is 2.38. The van der Waals surface area contributed by atoms with E-state index in [9.17, 15) is 9.59 Å². The van der Waals surface area contributed by atoms with Crippen LogP contribution in [-0.4, -0.2) is 84.5 Å². The van der Waals surface area contributed by atoms with Gasteiger partial charge in [-0.25, -0.2) is 4.98 Å². The average molecular weight is 563 g/mol. The summed E-state index contributed by atoms with van der Waals surface area (Å²) >= 11 is 1.44. The van der Waals surface area contributed by atoms with Crippen molar-refractivity contribution in [1.82, 2.24) is 19.7 Å².